The molecule has 0 fully saturated rings. The van der Waals surface area contributed by atoms with Crippen LogP contribution in [0.5, 0.6) is 0 Å². The predicted molar refractivity (Wildman–Crippen MR) is 76.7 cm³/mol. The van der Waals surface area contributed by atoms with Crippen molar-refractivity contribution in [2.75, 3.05) is 6.61 Å². The SMILES string of the molecule is CC(C)C(Cl)(Cl)NC(=O)[C@@H](CO)NC(=O)[C@@H](N)CC(=O)O. The van der Waals surface area contributed by atoms with Gasteiger partial charge in [0.2, 0.25) is 11.8 Å². The van der Waals surface area contributed by atoms with Crippen molar-refractivity contribution >= 4 is 41.0 Å². The van der Waals surface area contributed by atoms with Gasteiger partial charge in [-0.1, -0.05) is 37.0 Å². The van der Waals surface area contributed by atoms with Crippen LogP contribution in [0.15, 0.2) is 0 Å². The third kappa shape index (κ3) is 6.94. The van der Waals surface area contributed by atoms with Crippen LogP contribution >= 0.6 is 23.2 Å². The highest BCUT2D eigenvalue weighted by molar-refractivity contribution is 6.49. The van der Waals surface area contributed by atoms with Gasteiger partial charge in [0.1, 0.15) is 6.04 Å². The molecule has 0 aliphatic carbocycles. The van der Waals surface area contributed by atoms with Crippen molar-refractivity contribution in [3.05, 3.63) is 0 Å². The maximum atomic E-state index is 11.9. The van der Waals surface area contributed by atoms with Crippen LogP contribution < -0.4 is 16.4 Å². The number of nitrogens with two attached hydrogens (primary N) is 1. The van der Waals surface area contributed by atoms with Gasteiger partial charge in [0.15, 0.2) is 4.46 Å². The molecule has 0 saturated carbocycles. The molecule has 6 N–H and O–H groups in total. The van der Waals surface area contributed by atoms with Crippen LogP contribution in [0.25, 0.3) is 0 Å². The summed E-state index contributed by atoms with van der Waals surface area (Å²) in [6.45, 7) is 2.60. The Labute approximate surface area is 132 Å². The lowest BCUT2D eigenvalue weighted by Crippen LogP contribution is -2.56. The molecule has 0 aromatic carbocycles. The number of amides is 2. The average Bonchev–Trinajstić information content (AvgIpc) is 2.33. The van der Waals surface area contributed by atoms with E-state index in [9.17, 15) is 14.4 Å². The van der Waals surface area contributed by atoms with E-state index in [1.807, 2.05) is 0 Å². The van der Waals surface area contributed by atoms with E-state index < -0.39 is 47.4 Å². The standard InChI is InChI=1S/C11H19Cl2N3O5/c1-5(2)11(12,13)16-10(21)7(4-17)15-9(20)6(14)3-8(18)19/h5-7,17H,3-4,14H2,1-2H3,(H,15,20)(H,16,21)(H,18,19)/t6-,7+/m0/s1. The first-order chi connectivity index (χ1) is 9.51. The Hall–Kier alpha value is -1.09. The molecule has 0 aliphatic rings. The summed E-state index contributed by atoms with van der Waals surface area (Å²) in [6.07, 6.45) is -0.605. The van der Waals surface area contributed by atoms with Gasteiger partial charge < -0.3 is 26.6 Å². The van der Waals surface area contributed by atoms with Crippen molar-refractivity contribution in [1.29, 1.82) is 0 Å². The van der Waals surface area contributed by atoms with Crippen molar-refractivity contribution in [3.63, 3.8) is 0 Å². The number of hydrogen-bond donors (Lipinski definition) is 5. The second kappa shape index (κ2) is 8.38. The monoisotopic (exact) mass is 343 g/mol. The minimum atomic E-state index is -1.57. The van der Waals surface area contributed by atoms with Crippen LogP contribution in [0.1, 0.15) is 20.3 Å². The number of aliphatic hydroxyl groups is 1. The second-order valence-corrected chi connectivity index (χ2v) is 6.10. The van der Waals surface area contributed by atoms with Crippen molar-refractivity contribution in [2.45, 2.75) is 36.8 Å². The van der Waals surface area contributed by atoms with Crippen LogP contribution in [-0.2, 0) is 14.4 Å². The van der Waals surface area contributed by atoms with E-state index in [0.29, 0.717) is 0 Å². The summed E-state index contributed by atoms with van der Waals surface area (Å²) in [7, 11) is 0. The quantitative estimate of drug-likeness (QED) is 0.287. The summed E-state index contributed by atoms with van der Waals surface area (Å²) in [5.41, 5.74) is 5.34. The fraction of sp³-hybridized carbons (Fsp3) is 0.727. The zero-order chi connectivity index (χ0) is 16.8. The molecule has 0 heterocycles. The van der Waals surface area contributed by atoms with Gasteiger partial charge in [-0.15, -0.1) is 0 Å². The number of carbonyl (C=O) groups is 3. The van der Waals surface area contributed by atoms with Crippen LogP contribution in [0.3, 0.4) is 0 Å². The summed E-state index contributed by atoms with van der Waals surface area (Å²) in [4.78, 5) is 33.9. The Balaban J connectivity index is 4.68. The number of alkyl halides is 2. The highest BCUT2D eigenvalue weighted by Crippen LogP contribution is 2.26. The smallest absolute Gasteiger partial charge is 0.305 e. The third-order valence-electron chi connectivity index (χ3n) is 2.56. The van der Waals surface area contributed by atoms with E-state index in [2.05, 4.69) is 10.6 Å². The first-order valence-electron chi connectivity index (χ1n) is 6.09. The lowest BCUT2D eigenvalue weighted by molar-refractivity contribution is -0.139. The molecule has 8 nitrogen and oxygen atoms in total. The molecule has 0 aromatic heterocycles. The summed E-state index contributed by atoms with van der Waals surface area (Å²) < 4.78 is -1.57. The molecule has 0 radical (unpaired) electrons. The van der Waals surface area contributed by atoms with Gasteiger partial charge >= 0.3 is 5.97 Å². The van der Waals surface area contributed by atoms with Gasteiger partial charge in [-0.25, -0.2) is 0 Å². The molecule has 2 amide bonds. The average molecular weight is 344 g/mol. The highest BCUT2D eigenvalue weighted by Gasteiger charge is 2.33. The number of carboxylic acids is 1. The summed E-state index contributed by atoms with van der Waals surface area (Å²) in [5, 5.41) is 22.0. The minimum Gasteiger partial charge on any atom is -0.481 e. The molecule has 0 aromatic rings. The maximum absolute atomic E-state index is 11.9. The normalized spacial score (nSPS) is 14.4. The molecule has 0 spiro atoms. The molecule has 21 heavy (non-hydrogen) atoms. The van der Waals surface area contributed by atoms with Gasteiger partial charge in [-0.3, -0.25) is 14.4 Å². The van der Waals surface area contributed by atoms with E-state index in [1.165, 1.54) is 0 Å². The Morgan fingerprint density at radius 3 is 2.14 bits per heavy atom. The van der Waals surface area contributed by atoms with Gasteiger partial charge in [0.05, 0.1) is 19.1 Å². The number of rotatable bonds is 8. The number of nitrogens with one attached hydrogen (secondary N) is 2. The van der Waals surface area contributed by atoms with Crippen molar-refractivity contribution in [3.8, 4) is 0 Å². The summed E-state index contributed by atoms with van der Waals surface area (Å²) >= 11 is 11.7. The third-order valence-corrected chi connectivity index (χ3v) is 3.62. The van der Waals surface area contributed by atoms with E-state index >= 15 is 0 Å². The molecule has 10 heteroatoms. The van der Waals surface area contributed by atoms with Crippen molar-refractivity contribution in [1.82, 2.24) is 10.6 Å². The Morgan fingerprint density at radius 2 is 1.76 bits per heavy atom. The van der Waals surface area contributed by atoms with Crippen LogP contribution in [0.4, 0.5) is 0 Å². The number of carbonyl (C=O) groups excluding carboxylic acids is 2. The van der Waals surface area contributed by atoms with Crippen molar-refractivity contribution in [2.24, 2.45) is 11.7 Å². The van der Waals surface area contributed by atoms with E-state index in [0.717, 1.165) is 0 Å². The molecule has 0 unspecified atom stereocenters. The van der Waals surface area contributed by atoms with E-state index in [4.69, 9.17) is 39.1 Å². The topological polar surface area (TPSA) is 142 Å². The van der Waals surface area contributed by atoms with Crippen LogP contribution in [0, 0.1) is 5.92 Å². The Bertz CT molecular complexity index is 403. The highest BCUT2D eigenvalue weighted by atomic mass is 35.5. The molecule has 0 saturated heterocycles. The molecular weight excluding hydrogens is 325 g/mol. The zero-order valence-corrected chi connectivity index (χ0v) is 13.1. The fourth-order valence-corrected chi connectivity index (χ4v) is 1.34. The Morgan fingerprint density at radius 1 is 1.24 bits per heavy atom. The van der Waals surface area contributed by atoms with Gasteiger partial charge in [0.25, 0.3) is 0 Å². The first kappa shape index (κ1) is 19.9. The van der Waals surface area contributed by atoms with Crippen LogP contribution in [0.2, 0.25) is 0 Å². The molecule has 0 bridgehead atoms. The number of aliphatic carboxylic acids is 1. The van der Waals surface area contributed by atoms with E-state index in [-0.39, 0.29) is 5.92 Å². The van der Waals surface area contributed by atoms with Crippen LogP contribution in [-0.4, -0.2) is 51.1 Å². The maximum Gasteiger partial charge on any atom is 0.305 e. The number of hydrogen-bond acceptors (Lipinski definition) is 5. The van der Waals surface area contributed by atoms with Crippen molar-refractivity contribution < 1.29 is 24.6 Å². The number of halogens is 2. The molecule has 0 rings (SSSR count). The number of carboxylic acid groups (broad SMARTS) is 1. The number of aliphatic hydroxyl groups excluding tert-OH is 1. The molecule has 122 valence electrons. The van der Waals surface area contributed by atoms with Gasteiger partial charge in [0, 0.05) is 5.92 Å². The lowest BCUT2D eigenvalue weighted by Gasteiger charge is -2.27. The summed E-state index contributed by atoms with van der Waals surface area (Å²) in [5.74, 6) is -3.28. The molecule has 0 aliphatic heterocycles. The molecular formula is C11H19Cl2N3O5. The van der Waals surface area contributed by atoms with Gasteiger partial charge in [-0.05, 0) is 0 Å². The molecule has 2 atom stereocenters. The largest absolute Gasteiger partial charge is 0.481 e. The lowest BCUT2D eigenvalue weighted by atomic mass is 10.1. The Kier molecular flexibility index (Phi) is 7.94. The van der Waals surface area contributed by atoms with E-state index in [1.54, 1.807) is 13.8 Å². The van der Waals surface area contributed by atoms with Gasteiger partial charge in [-0.2, -0.15) is 0 Å². The first-order valence-corrected chi connectivity index (χ1v) is 6.85. The minimum absolute atomic E-state index is 0.325. The summed E-state index contributed by atoms with van der Waals surface area (Å²) in [6, 6.07) is -2.68. The fourth-order valence-electron chi connectivity index (χ4n) is 1.15. The predicted octanol–water partition coefficient (Wildman–Crippen LogP) is -0.831. The zero-order valence-electron chi connectivity index (χ0n) is 11.6. The second-order valence-electron chi connectivity index (χ2n) is 4.72.